The minimum atomic E-state index is -5.13. The van der Waals surface area contributed by atoms with E-state index in [1.807, 2.05) is 0 Å². The third-order valence-electron chi connectivity index (χ3n) is 2.65. The SMILES string of the molecule is CCOC(=O)C(O)(C/C=C/c1cccc(Cl)c1)C(F)(F)F. The van der Waals surface area contributed by atoms with E-state index in [0.29, 0.717) is 10.6 Å². The molecule has 0 amide bonds. The van der Waals surface area contributed by atoms with Crippen molar-refractivity contribution < 1.29 is 27.8 Å². The highest BCUT2D eigenvalue weighted by Gasteiger charge is 2.59. The summed E-state index contributed by atoms with van der Waals surface area (Å²) in [6.07, 6.45) is -3.68. The highest BCUT2D eigenvalue weighted by Crippen LogP contribution is 2.35. The van der Waals surface area contributed by atoms with E-state index in [2.05, 4.69) is 4.74 Å². The Morgan fingerprint density at radius 3 is 2.62 bits per heavy atom. The molecule has 1 unspecified atom stereocenters. The monoisotopic (exact) mass is 322 g/mol. The molecular weight excluding hydrogens is 309 g/mol. The van der Waals surface area contributed by atoms with Crippen LogP contribution in [0, 0.1) is 0 Å². The molecule has 0 fully saturated rings. The first-order chi connectivity index (χ1) is 9.70. The summed E-state index contributed by atoms with van der Waals surface area (Å²) in [4.78, 5) is 11.4. The smallest absolute Gasteiger partial charge is 0.428 e. The predicted molar refractivity (Wildman–Crippen MR) is 72.7 cm³/mol. The molecule has 0 aliphatic carbocycles. The molecule has 0 saturated carbocycles. The lowest BCUT2D eigenvalue weighted by atomic mass is 9.98. The average molecular weight is 323 g/mol. The fraction of sp³-hybridized carbons (Fsp3) is 0.357. The third kappa shape index (κ3) is 4.47. The van der Waals surface area contributed by atoms with E-state index in [1.165, 1.54) is 19.1 Å². The summed E-state index contributed by atoms with van der Waals surface area (Å²) in [5.41, 5.74) is -3.01. The van der Waals surface area contributed by atoms with E-state index in [9.17, 15) is 23.1 Å². The Morgan fingerprint density at radius 1 is 1.43 bits per heavy atom. The van der Waals surface area contributed by atoms with Crippen LogP contribution in [0.15, 0.2) is 30.3 Å². The summed E-state index contributed by atoms with van der Waals surface area (Å²) in [6.45, 7) is 1.10. The molecule has 0 aliphatic heterocycles. The highest BCUT2D eigenvalue weighted by atomic mass is 35.5. The van der Waals surface area contributed by atoms with Crippen molar-refractivity contribution in [1.29, 1.82) is 0 Å². The standard InChI is InChI=1S/C14H14ClF3O3/c1-2-21-12(19)13(20,14(16,17)18)8-4-6-10-5-3-7-11(15)9-10/h3-7,9,20H,2,8H2,1H3/b6-4+. The third-order valence-corrected chi connectivity index (χ3v) is 2.89. The van der Waals surface area contributed by atoms with Crippen LogP contribution in [-0.4, -0.2) is 29.5 Å². The lowest BCUT2D eigenvalue weighted by Crippen LogP contribution is -2.52. The number of benzene rings is 1. The second kappa shape index (κ2) is 6.95. The summed E-state index contributed by atoms with van der Waals surface area (Å²) in [5.74, 6) is -1.71. The quantitative estimate of drug-likeness (QED) is 0.843. The first-order valence-corrected chi connectivity index (χ1v) is 6.47. The van der Waals surface area contributed by atoms with Crippen molar-refractivity contribution in [1.82, 2.24) is 0 Å². The van der Waals surface area contributed by atoms with Gasteiger partial charge in [0.2, 0.25) is 0 Å². The Kier molecular flexibility index (Phi) is 5.80. The van der Waals surface area contributed by atoms with Crippen LogP contribution in [-0.2, 0) is 9.53 Å². The van der Waals surface area contributed by atoms with Crippen LogP contribution >= 0.6 is 11.6 Å². The molecule has 0 heterocycles. The number of hydrogen-bond acceptors (Lipinski definition) is 3. The Morgan fingerprint density at radius 2 is 2.10 bits per heavy atom. The maximum atomic E-state index is 12.9. The van der Waals surface area contributed by atoms with Crippen molar-refractivity contribution in [2.24, 2.45) is 0 Å². The summed E-state index contributed by atoms with van der Waals surface area (Å²) in [6, 6.07) is 6.40. The molecule has 0 saturated heterocycles. The number of rotatable bonds is 5. The Bertz CT molecular complexity index is 528. The second-order valence-electron chi connectivity index (χ2n) is 4.24. The van der Waals surface area contributed by atoms with Gasteiger partial charge in [-0.15, -0.1) is 0 Å². The average Bonchev–Trinajstić information content (AvgIpc) is 2.37. The predicted octanol–water partition coefficient (Wildman–Crippen LogP) is 3.60. The molecule has 0 aliphatic rings. The number of hydrogen-bond donors (Lipinski definition) is 1. The molecule has 21 heavy (non-hydrogen) atoms. The van der Waals surface area contributed by atoms with Crippen molar-refractivity contribution in [3.05, 3.63) is 40.9 Å². The molecule has 1 N–H and O–H groups in total. The van der Waals surface area contributed by atoms with Crippen molar-refractivity contribution in [2.45, 2.75) is 25.1 Å². The van der Waals surface area contributed by atoms with Crippen molar-refractivity contribution >= 4 is 23.6 Å². The van der Waals surface area contributed by atoms with E-state index in [1.54, 1.807) is 18.2 Å². The van der Waals surface area contributed by atoms with Crippen LogP contribution in [0.25, 0.3) is 6.08 Å². The molecule has 7 heteroatoms. The zero-order valence-corrected chi connectivity index (χ0v) is 11.9. The topological polar surface area (TPSA) is 46.5 Å². The van der Waals surface area contributed by atoms with Crippen molar-refractivity contribution in [2.75, 3.05) is 6.61 Å². The number of halogens is 4. The largest absolute Gasteiger partial charge is 0.464 e. The molecular formula is C14H14ClF3O3. The van der Waals surface area contributed by atoms with Crippen LogP contribution in [0.1, 0.15) is 18.9 Å². The molecule has 1 aromatic carbocycles. The van der Waals surface area contributed by atoms with E-state index in [-0.39, 0.29) is 6.61 Å². The molecule has 0 spiro atoms. The van der Waals surface area contributed by atoms with Gasteiger partial charge >= 0.3 is 12.1 Å². The number of carbonyl (C=O) groups is 1. The van der Waals surface area contributed by atoms with Gasteiger partial charge in [0.15, 0.2) is 0 Å². The number of aliphatic hydroxyl groups is 1. The van der Waals surface area contributed by atoms with Gasteiger partial charge in [-0.2, -0.15) is 13.2 Å². The van der Waals surface area contributed by atoms with Crippen molar-refractivity contribution in [3.8, 4) is 0 Å². The molecule has 1 rings (SSSR count). The number of carbonyl (C=O) groups excluding carboxylic acids is 1. The lowest BCUT2D eigenvalue weighted by molar-refractivity contribution is -0.261. The van der Waals surface area contributed by atoms with Gasteiger partial charge in [-0.1, -0.05) is 35.9 Å². The van der Waals surface area contributed by atoms with Gasteiger partial charge in [-0.3, -0.25) is 0 Å². The summed E-state index contributed by atoms with van der Waals surface area (Å²) in [7, 11) is 0. The molecule has 1 aromatic rings. The summed E-state index contributed by atoms with van der Waals surface area (Å²) < 4.78 is 42.9. The zero-order chi connectivity index (χ0) is 16.1. The Hall–Kier alpha value is -1.53. The Balaban J connectivity index is 2.90. The van der Waals surface area contributed by atoms with Crippen molar-refractivity contribution in [3.63, 3.8) is 0 Å². The van der Waals surface area contributed by atoms with Crippen LogP contribution < -0.4 is 0 Å². The van der Waals surface area contributed by atoms with Gasteiger partial charge in [-0.25, -0.2) is 4.79 Å². The molecule has 0 bridgehead atoms. The molecule has 0 aromatic heterocycles. The fourth-order valence-corrected chi connectivity index (χ4v) is 1.74. The molecule has 116 valence electrons. The highest BCUT2D eigenvalue weighted by molar-refractivity contribution is 6.30. The fourth-order valence-electron chi connectivity index (χ4n) is 1.54. The molecule has 0 radical (unpaired) electrons. The maximum Gasteiger partial charge on any atom is 0.428 e. The number of esters is 1. The van der Waals surface area contributed by atoms with E-state index in [0.717, 1.165) is 6.08 Å². The lowest BCUT2D eigenvalue weighted by Gasteiger charge is -2.26. The normalized spacial score (nSPS) is 15.0. The van der Waals surface area contributed by atoms with Gasteiger partial charge < -0.3 is 9.84 Å². The number of ether oxygens (including phenoxy) is 1. The zero-order valence-electron chi connectivity index (χ0n) is 11.2. The Labute approximate surface area is 125 Å². The van der Waals surface area contributed by atoms with E-state index >= 15 is 0 Å². The van der Waals surface area contributed by atoms with Gasteiger partial charge in [0.05, 0.1) is 6.61 Å². The first kappa shape index (κ1) is 17.5. The van der Waals surface area contributed by atoms with Crippen LogP contribution in [0.2, 0.25) is 5.02 Å². The van der Waals surface area contributed by atoms with Gasteiger partial charge in [0, 0.05) is 11.4 Å². The minimum absolute atomic E-state index is 0.255. The maximum absolute atomic E-state index is 12.9. The van der Waals surface area contributed by atoms with E-state index < -0.39 is 24.2 Å². The van der Waals surface area contributed by atoms with Crippen LogP contribution in [0.5, 0.6) is 0 Å². The molecule has 1 atom stereocenters. The van der Waals surface area contributed by atoms with Gasteiger partial charge in [-0.05, 0) is 24.6 Å². The number of alkyl halides is 3. The second-order valence-corrected chi connectivity index (χ2v) is 4.68. The van der Waals surface area contributed by atoms with Gasteiger partial charge in [0.1, 0.15) is 0 Å². The minimum Gasteiger partial charge on any atom is -0.464 e. The summed E-state index contributed by atoms with van der Waals surface area (Å²) >= 11 is 5.74. The van der Waals surface area contributed by atoms with E-state index in [4.69, 9.17) is 11.6 Å². The van der Waals surface area contributed by atoms with Crippen LogP contribution in [0.3, 0.4) is 0 Å². The molecule has 3 nitrogen and oxygen atoms in total. The first-order valence-electron chi connectivity index (χ1n) is 6.09. The van der Waals surface area contributed by atoms with Gasteiger partial charge in [0.25, 0.3) is 5.60 Å². The summed E-state index contributed by atoms with van der Waals surface area (Å²) in [5, 5.41) is 10.0. The van der Waals surface area contributed by atoms with Crippen LogP contribution in [0.4, 0.5) is 13.2 Å².